The molecule has 0 bridgehead atoms. The van der Waals surface area contributed by atoms with E-state index in [2.05, 4.69) is 43.7 Å². The normalized spacial score (nSPS) is 10.6. The van der Waals surface area contributed by atoms with Crippen LogP contribution < -0.4 is 5.32 Å². The number of halogens is 2. The number of nitrogens with zero attached hydrogens (tertiary/aromatic N) is 1. The number of hydrogen-bond acceptors (Lipinski definition) is 3. The van der Waals surface area contributed by atoms with Crippen LogP contribution in [0, 0.1) is 0 Å². The van der Waals surface area contributed by atoms with Crippen LogP contribution in [-0.4, -0.2) is 4.98 Å². The van der Waals surface area contributed by atoms with E-state index >= 15 is 0 Å². The van der Waals surface area contributed by atoms with Crippen LogP contribution in [0.3, 0.4) is 0 Å². The minimum Gasteiger partial charge on any atom is -0.378 e. The third-order valence-corrected chi connectivity index (χ3v) is 5.05. The highest BCUT2D eigenvalue weighted by molar-refractivity contribution is 9.10. The Morgan fingerprint density at radius 3 is 2.71 bits per heavy atom. The standard InChI is InChI=1S/C16H12BrClN2S/c17-13-8-12(6-7-14(13)18)19-9-16-20-15(10-21-16)11-4-2-1-3-5-11/h1-8,10,19H,9H2. The average Bonchev–Trinajstić information content (AvgIpc) is 2.98. The maximum absolute atomic E-state index is 5.98. The molecule has 0 atom stereocenters. The smallest absolute Gasteiger partial charge is 0.112 e. The molecule has 5 heteroatoms. The van der Waals surface area contributed by atoms with Crippen molar-refractivity contribution in [1.82, 2.24) is 4.98 Å². The molecule has 1 heterocycles. The lowest BCUT2D eigenvalue weighted by atomic mass is 10.2. The SMILES string of the molecule is Clc1ccc(NCc2nc(-c3ccccc3)cs2)cc1Br. The van der Waals surface area contributed by atoms with Gasteiger partial charge in [0.1, 0.15) is 5.01 Å². The second-order valence-corrected chi connectivity index (χ2v) is 6.68. The van der Waals surface area contributed by atoms with Gasteiger partial charge in [0.15, 0.2) is 0 Å². The van der Waals surface area contributed by atoms with E-state index < -0.39 is 0 Å². The molecule has 0 fully saturated rings. The predicted molar refractivity (Wildman–Crippen MR) is 94.0 cm³/mol. The van der Waals surface area contributed by atoms with Crippen molar-refractivity contribution in [3.8, 4) is 11.3 Å². The first-order chi connectivity index (χ1) is 10.2. The van der Waals surface area contributed by atoms with Crippen LogP contribution in [0.15, 0.2) is 58.4 Å². The molecule has 0 spiro atoms. The summed E-state index contributed by atoms with van der Waals surface area (Å²) in [5.41, 5.74) is 3.19. The van der Waals surface area contributed by atoms with Gasteiger partial charge < -0.3 is 5.32 Å². The maximum atomic E-state index is 5.98. The fraction of sp³-hybridized carbons (Fsp3) is 0.0625. The summed E-state index contributed by atoms with van der Waals surface area (Å²) < 4.78 is 0.887. The Morgan fingerprint density at radius 1 is 1.14 bits per heavy atom. The molecule has 0 aliphatic carbocycles. The van der Waals surface area contributed by atoms with E-state index in [4.69, 9.17) is 11.6 Å². The highest BCUT2D eigenvalue weighted by Crippen LogP contribution is 2.26. The lowest BCUT2D eigenvalue weighted by Gasteiger charge is -2.05. The van der Waals surface area contributed by atoms with Crippen molar-refractivity contribution in [1.29, 1.82) is 0 Å². The van der Waals surface area contributed by atoms with Crippen molar-refractivity contribution in [3.05, 3.63) is 68.4 Å². The molecule has 21 heavy (non-hydrogen) atoms. The summed E-state index contributed by atoms with van der Waals surface area (Å²) in [4.78, 5) is 4.65. The molecular formula is C16H12BrClN2S. The van der Waals surface area contributed by atoms with Crippen LogP contribution in [0.1, 0.15) is 5.01 Å². The number of anilines is 1. The Labute approximate surface area is 140 Å². The summed E-state index contributed by atoms with van der Waals surface area (Å²) in [6.45, 7) is 0.700. The molecule has 0 amide bonds. The fourth-order valence-electron chi connectivity index (χ4n) is 1.92. The van der Waals surface area contributed by atoms with Gasteiger partial charge in [-0.25, -0.2) is 4.98 Å². The zero-order valence-corrected chi connectivity index (χ0v) is 14.2. The van der Waals surface area contributed by atoms with Gasteiger partial charge in [0.25, 0.3) is 0 Å². The van der Waals surface area contributed by atoms with Gasteiger partial charge in [0, 0.05) is 21.1 Å². The number of rotatable bonds is 4. The predicted octanol–water partition coefficient (Wildman–Crippen LogP) is 5.84. The molecule has 0 saturated carbocycles. The topological polar surface area (TPSA) is 24.9 Å². The minimum absolute atomic E-state index is 0.700. The summed E-state index contributed by atoms with van der Waals surface area (Å²) in [6.07, 6.45) is 0. The number of hydrogen-bond donors (Lipinski definition) is 1. The third-order valence-electron chi connectivity index (χ3n) is 2.98. The lowest BCUT2D eigenvalue weighted by Crippen LogP contribution is -1.98. The molecule has 0 aliphatic heterocycles. The quantitative estimate of drug-likeness (QED) is 0.616. The van der Waals surface area contributed by atoms with E-state index in [0.717, 1.165) is 26.4 Å². The van der Waals surface area contributed by atoms with Crippen LogP contribution in [0.25, 0.3) is 11.3 Å². The first kappa shape index (κ1) is 14.6. The molecule has 106 valence electrons. The summed E-state index contributed by atoms with van der Waals surface area (Å²) in [7, 11) is 0. The highest BCUT2D eigenvalue weighted by atomic mass is 79.9. The van der Waals surface area contributed by atoms with Crippen molar-refractivity contribution < 1.29 is 0 Å². The van der Waals surface area contributed by atoms with Gasteiger partial charge >= 0.3 is 0 Å². The molecule has 3 rings (SSSR count). The van der Waals surface area contributed by atoms with E-state index in [-0.39, 0.29) is 0 Å². The summed E-state index contributed by atoms with van der Waals surface area (Å²) >= 11 is 11.1. The van der Waals surface area contributed by atoms with E-state index in [0.29, 0.717) is 11.6 Å². The Morgan fingerprint density at radius 2 is 1.95 bits per heavy atom. The first-order valence-corrected chi connectivity index (χ1v) is 8.46. The van der Waals surface area contributed by atoms with Crippen LogP contribution in [0.2, 0.25) is 5.02 Å². The fourth-order valence-corrected chi connectivity index (χ4v) is 3.16. The molecule has 2 aromatic carbocycles. The van der Waals surface area contributed by atoms with Crippen molar-refractivity contribution >= 4 is 44.6 Å². The number of aromatic nitrogens is 1. The molecule has 3 aromatic rings. The molecule has 0 radical (unpaired) electrons. The summed E-state index contributed by atoms with van der Waals surface area (Å²) in [5.74, 6) is 0. The number of nitrogens with one attached hydrogen (secondary N) is 1. The molecule has 0 aliphatic rings. The van der Waals surface area contributed by atoms with Crippen LogP contribution >= 0.6 is 38.9 Å². The highest BCUT2D eigenvalue weighted by Gasteiger charge is 2.04. The molecule has 0 saturated heterocycles. The molecular weight excluding hydrogens is 368 g/mol. The van der Waals surface area contributed by atoms with Crippen LogP contribution in [0.4, 0.5) is 5.69 Å². The Kier molecular flexibility index (Phi) is 4.58. The number of benzene rings is 2. The van der Waals surface area contributed by atoms with Gasteiger partial charge in [-0.05, 0) is 34.1 Å². The van der Waals surface area contributed by atoms with E-state index in [9.17, 15) is 0 Å². The van der Waals surface area contributed by atoms with Gasteiger partial charge in [-0.3, -0.25) is 0 Å². The van der Waals surface area contributed by atoms with Gasteiger partial charge in [0.2, 0.25) is 0 Å². The first-order valence-electron chi connectivity index (χ1n) is 6.41. The largest absolute Gasteiger partial charge is 0.378 e. The zero-order valence-electron chi connectivity index (χ0n) is 11.0. The van der Waals surface area contributed by atoms with Gasteiger partial charge in [0.05, 0.1) is 17.3 Å². The zero-order chi connectivity index (χ0) is 14.7. The lowest BCUT2D eigenvalue weighted by molar-refractivity contribution is 1.11. The Balaban J connectivity index is 1.69. The monoisotopic (exact) mass is 378 g/mol. The second kappa shape index (κ2) is 6.60. The van der Waals surface area contributed by atoms with E-state index in [1.807, 2.05) is 36.4 Å². The van der Waals surface area contributed by atoms with Gasteiger partial charge in [-0.1, -0.05) is 41.9 Å². The van der Waals surface area contributed by atoms with Gasteiger partial charge in [-0.15, -0.1) is 11.3 Å². The van der Waals surface area contributed by atoms with E-state index in [1.54, 1.807) is 11.3 Å². The van der Waals surface area contributed by atoms with Crippen molar-refractivity contribution in [2.45, 2.75) is 6.54 Å². The van der Waals surface area contributed by atoms with Gasteiger partial charge in [-0.2, -0.15) is 0 Å². The molecule has 1 aromatic heterocycles. The molecule has 1 N–H and O–H groups in total. The van der Waals surface area contributed by atoms with Crippen molar-refractivity contribution in [2.75, 3.05) is 5.32 Å². The van der Waals surface area contributed by atoms with Crippen molar-refractivity contribution in [3.63, 3.8) is 0 Å². The Bertz CT molecular complexity index is 743. The average molecular weight is 380 g/mol. The maximum Gasteiger partial charge on any atom is 0.112 e. The Hall–Kier alpha value is -1.36. The van der Waals surface area contributed by atoms with E-state index in [1.165, 1.54) is 0 Å². The van der Waals surface area contributed by atoms with Crippen molar-refractivity contribution in [2.24, 2.45) is 0 Å². The van der Waals surface area contributed by atoms with Crippen LogP contribution in [-0.2, 0) is 6.54 Å². The minimum atomic E-state index is 0.700. The number of thiazole rings is 1. The second-order valence-electron chi connectivity index (χ2n) is 4.47. The molecule has 2 nitrogen and oxygen atoms in total. The van der Waals surface area contributed by atoms with Crippen LogP contribution in [0.5, 0.6) is 0 Å². The third kappa shape index (κ3) is 3.64. The summed E-state index contributed by atoms with van der Waals surface area (Å²) in [6, 6.07) is 16.0. The summed E-state index contributed by atoms with van der Waals surface area (Å²) in [5, 5.41) is 7.21. The molecule has 0 unspecified atom stereocenters.